The lowest BCUT2D eigenvalue weighted by atomic mass is 9.47. The summed E-state index contributed by atoms with van der Waals surface area (Å²) in [7, 11) is 0. The zero-order valence-corrected chi connectivity index (χ0v) is 24.3. The molecular weight excluding hydrogens is 442 g/mol. The van der Waals surface area contributed by atoms with E-state index < -0.39 is 0 Å². The SMILES string of the molecule is C=C(C)C(=O)NCCO[C@H]1CC[C@@]2(C)C(=CC[C@@H]3[C@@H]2CC[C@]2(C)C([C@H](C)CCCC(C)C)CC[C@@H]32)C1. The smallest absolute Gasteiger partial charge is 0.246 e. The van der Waals surface area contributed by atoms with Gasteiger partial charge in [0.25, 0.3) is 0 Å². The Balaban J connectivity index is 1.35. The van der Waals surface area contributed by atoms with Gasteiger partial charge in [0.1, 0.15) is 0 Å². The molecule has 0 aromatic carbocycles. The normalized spacial score (nSPS) is 38.5. The highest BCUT2D eigenvalue weighted by atomic mass is 16.5. The first-order valence-electron chi connectivity index (χ1n) is 15.3. The number of hydrogen-bond acceptors (Lipinski definition) is 2. The van der Waals surface area contributed by atoms with Crippen LogP contribution in [-0.2, 0) is 9.53 Å². The molecule has 0 aliphatic heterocycles. The molecule has 0 radical (unpaired) electrons. The van der Waals surface area contributed by atoms with E-state index in [1.807, 2.05) is 0 Å². The Morgan fingerprint density at radius 1 is 1.11 bits per heavy atom. The van der Waals surface area contributed by atoms with Gasteiger partial charge in [-0.15, -0.1) is 0 Å². The van der Waals surface area contributed by atoms with Crippen molar-refractivity contribution in [3.05, 3.63) is 23.8 Å². The Bertz CT molecular complexity index is 830. The van der Waals surface area contributed by atoms with E-state index in [-0.39, 0.29) is 5.91 Å². The molecule has 1 N–H and O–H groups in total. The molecule has 3 fully saturated rings. The molecular formula is C33H55NO2. The van der Waals surface area contributed by atoms with Crippen molar-refractivity contribution in [2.45, 2.75) is 118 Å². The summed E-state index contributed by atoms with van der Waals surface area (Å²) >= 11 is 0. The number of ether oxygens (including phenoxy) is 1. The third-order valence-electron chi connectivity index (χ3n) is 11.4. The van der Waals surface area contributed by atoms with Gasteiger partial charge in [0.05, 0.1) is 12.7 Å². The van der Waals surface area contributed by atoms with Crippen LogP contribution in [-0.4, -0.2) is 25.2 Å². The van der Waals surface area contributed by atoms with Crippen molar-refractivity contribution in [2.75, 3.05) is 13.2 Å². The topological polar surface area (TPSA) is 38.3 Å². The maximum absolute atomic E-state index is 11.7. The van der Waals surface area contributed by atoms with Crippen LogP contribution in [0.2, 0.25) is 0 Å². The molecule has 36 heavy (non-hydrogen) atoms. The van der Waals surface area contributed by atoms with Crippen molar-refractivity contribution in [1.82, 2.24) is 5.32 Å². The monoisotopic (exact) mass is 497 g/mol. The van der Waals surface area contributed by atoms with Gasteiger partial charge in [0.2, 0.25) is 5.91 Å². The number of rotatable bonds is 10. The van der Waals surface area contributed by atoms with Gasteiger partial charge < -0.3 is 10.1 Å². The first kappa shape index (κ1) is 27.9. The van der Waals surface area contributed by atoms with E-state index in [0.717, 1.165) is 48.3 Å². The summed E-state index contributed by atoms with van der Waals surface area (Å²) in [5.41, 5.74) is 3.18. The molecule has 3 saturated carbocycles. The summed E-state index contributed by atoms with van der Waals surface area (Å²) < 4.78 is 6.23. The van der Waals surface area contributed by atoms with Crippen LogP contribution in [0.5, 0.6) is 0 Å². The van der Waals surface area contributed by atoms with Crippen LogP contribution in [0.3, 0.4) is 0 Å². The van der Waals surface area contributed by atoms with Crippen molar-refractivity contribution in [3.63, 3.8) is 0 Å². The fraction of sp³-hybridized carbons (Fsp3) is 0.848. The van der Waals surface area contributed by atoms with E-state index in [9.17, 15) is 4.79 Å². The summed E-state index contributed by atoms with van der Waals surface area (Å²) in [5, 5.41) is 2.90. The minimum Gasteiger partial charge on any atom is -0.376 e. The van der Waals surface area contributed by atoms with Crippen LogP contribution >= 0.6 is 0 Å². The van der Waals surface area contributed by atoms with Gasteiger partial charge in [-0.2, -0.15) is 0 Å². The van der Waals surface area contributed by atoms with Gasteiger partial charge in [-0.25, -0.2) is 0 Å². The number of carbonyl (C=O) groups is 1. The number of carbonyl (C=O) groups excluding carboxylic acids is 1. The fourth-order valence-electron chi connectivity index (χ4n) is 9.34. The van der Waals surface area contributed by atoms with E-state index in [1.54, 1.807) is 12.5 Å². The molecule has 8 atom stereocenters. The second-order valence-corrected chi connectivity index (χ2v) is 14.1. The lowest BCUT2D eigenvalue weighted by Crippen LogP contribution is -2.51. The lowest BCUT2D eigenvalue weighted by Gasteiger charge is -2.58. The van der Waals surface area contributed by atoms with Crippen LogP contribution in [0.4, 0.5) is 0 Å². The van der Waals surface area contributed by atoms with Crippen molar-refractivity contribution >= 4 is 5.91 Å². The highest BCUT2D eigenvalue weighted by molar-refractivity contribution is 5.92. The maximum Gasteiger partial charge on any atom is 0.246 e. The Morgan fingerprint density at radius 3 is 2.61 bits per heavy atom. The van der Waals surface area contributed by atoms with Crippen molar-refractivity contribution in [3.8, 4) is 0 Å². The summed E-state index contributed by atoms with van der Waals surface area (Å²) in [6.45, 7) is 19.2. The average molecular weight is 498 g/mol. The lowest BCUT2D eigenvalue weighted by molar-refractivity contribution is -0.117. The summed E-state index contributed by atoms with van der Waals surface area (Å²) in [4.78, 5) is 11.7. The van der Waals surface area contributed by atoms with Crippen LogP contribution in [0.1, 0.15) is 112 Å². The van der Waals surface area contributed by atoms with Gasteiger partial charge in [-0.1, -0.05) is 72.1 Å². The number of amides is 1. The van der Waals surface area contributed by atoms with E-state index in [2.05, 4.69) is 52.6 Å². The van der Waals surface area contributed by atoms with Crippen molar-refractivity contribution in [1.29, 1.82) is 0 Å². The highest BCUT2D eigenvalue weighted by Crippen LogP contribution is 2.67. The maximum atomic E-state index is 11.7. The van der Waals surface area contributed by atoms with Crippen molar-refractivity contribution < 1.29 is 9.53 Å². The number of hydrogen-bond donors (Lipinski definition) is 1. The highest BCUT2D eigenvalue weighted by Gasteiger charge is 2.59. The summed E-state index contributed by atoms with van der Waals surface area (Å²) in [5.74, 6) is 5.26. The zero-order valence-electron chi connectivity index (χ0n) is 24.3. The van der Waals surface area contributed by atoms with Crippen LogP contribution in [0.25, 0.3) is 0 Å². The Kier molecular flexibility index (Phi) is 8.80. The first-order valence-corrected chi connectivity index (χ1v) is 15.3. The molecule has 1 amide bonds. The summed E-state index contributed by atoms with van der Waals surface area (Å²) in [6.07, 6.45) is 17.8. The minimum atomic E-state index is -0.0701. The first-order chi connectivity index (χ1) is 17.1. The van der Waals surface area contributed by atoms with Gasteiger partial charge in [-0.05, 0) is 105 Å². The van der Waals surface area contributed by atoms with Crippen LogP contribution < -0.4 is 5.32 Å². The van der Waals surface area contributed by atoms with E-state index in [1.165, 1.54) is 57.8 Å². The molecule has 3 heteroatoms. The number of fused-ring (bicyclic) bond motifs is 5. The molecule has 0 aromatic rings. The molecule has 0 bridgehead atoms. The molecule has 3 nitrogen and oxygen atoms in total. The van der Waals surface area contributed by atoms with E-state index in [0.29, 0.717) is 35.7 Å². The Hall–Kier alpha value is -1.09. The minimum absolute atomic E-state index is 0.0701. The molecule has 0 spiro atoms. The van der Waals surface area contributed by atoms with Crippen molar-refractivity contribution in [2.24, 2.45) is 46.3 Å². The molecule has 0 aromatic heterocycles. The average Bonchev–Trinajstić information content (AvgIpc) is 3.18. The molecule has 4 aliphatic rings. The van der Waals surface area contributed by atoms with Gasteiger partial charge in [0, 0.05) is 12.1 Å². The van der Waals surface area contributed by atoms with E-state index in [4.69, 9.17) is 4.74 Å². The summed E-state index contributed by atoms with van der Waals surface area (Å²) in [6, 6.07) is 0. The molecule has 1 unspecified atom stereocenters. The van der Waals surface area contributed by atoms with Crippen LogP contribution in [0.15, 0.2) is 23.8 Å². The Labute approximate surface area is 222 Å². The predicted octanol–water partition coefficient (Wildman–Crippen LogP) is 8.11. The molecule has 0 heterocycles. The second kappa shape index (κ2) is 11.3. The zero-order chi connectivity index (χ0) is 26.1. The molecule has 4 aliphatic carbocycles. The number of nitrogens with one attached hydrogen (secondary N) is 1. The third-order valence-corrected chi connectivity index (χ3v) is 11.4. The molecule has 0 saturated heterocycles. The van der Waals surface area contributed by atoms with Gasteiger partial charge >= 0.3 is 0 Å². The Morgan fingerprint density at radius 2 is 1.89 bits per heavy atom. The molecule has 204 valence electrons. The standard InChI is InChI=1S/C33H55NO2/c1-22(2)9-8-10-24(5)28-13-14-29-27-12-11-25-21-26(36-20-19-34-31(35)23(3)4)15-17-32(25,6)30(27)16-18-33(28,29)7/h11,22,24,26-30H,3,8-10,12-21H2,1-2,4-7H3,(H,34,35)/t24-,26+,27+,28?,29+,30+,32+,33-/m1/s1. The van der Waals surface area contributed by atoms with Gasteiger partial charge in [-0.3, -0.25) is 4.79 Å². The predicted molar refractivity (Wildman–Crippen MR) is 151 cm³/mol. The largest absolute Gasteiger partial charge is 0.376 e. The molecule has 4 rings (SSSR count). The van der Waals surface area contributed by atoms with Gasteiger partial charge in [0.15, 0.2) is 0 Å². The van der Waals surface area contributed by atoms with E-state index >= 15 is 0 Å². The quantitative estimate of drug-likeness (QED) is 0.188. The third kappa shape index (κ3) is 5.52. The number of allylic oxidation sites excluding steroid dienone is 1. The fourth-order valence-corrected chi connectivity index (χ4v) is 9.34. The van der Waals surface area contributed by atoms with Crippen LogP contribution in [0, 0.1) is 46.3 Å². The second-order valence-electron chi connectivity index (χ2n) is 14.1.